The van der Waals surface area contributed by atoms with Crippen molar-refractivity contribution >= 4 is 5.91 Å². The van der Waals surface area contributed by atoms with E-state index in [-0.39, 0.29) is 11.6 Å². The zero-order valence-electron chi connectivity index (χ0n) is 21.1. The number of rotatable bonds is 8. The van der Waals surface area contributed by atoms with Crippen molar-refractivity contribution in [3.63, 3.8) is 0 Å². The van der Waals surface area contributed by atoms with E-state index in [4.69, 9.17) is 0 Å². The number of aromatic nitrogens is 6. The van der Waals surface area contributed by atoms with Gasteiger partial charge in [-0.15, -0.1) is 5.10 Å². The van der Waals surface area contributed by atoms with Crippen LogP contribution in [0.25, 0.3) is 22.5 Å². The number of nitrogens with zero attached hydrogens (tertiary/aromatic N) is 5. The van der Waals surface area contributed by atoms with Gasteiger partial charge in [-0.1, -0.05) is 79.9 Å². The number of aromatic amines is 1. The minimum atomic E-state index is -0.257. The van der Waals surface area contributed by atoms with E-state index in [1.54, 1.807) is 10.8 Å². The number of benzene rings is 2. The van der Waals surface area contributed by atoms with Crippen LogP contribution < -0.4 is 5.69 Å². The second-order valence-electron chi connectivity index (χ2n) is 9.73. The Bertz CT molecular complexity index is 1420. The Hall–Kier alpha value is -4.07. The van der Waals surface area contributed by atoms with E-state index < -0.39 is 0 Å². The molecule has 1 saturated carbocycles. The summed E-state index contributed by atoms with van der Waals surface area (Å²) in [5.41, 5.74) is 4.53. The molecule has 5 rings (SSSR count). The largest absolute Gasteiger partial charge is 0.335 e. The molecule has 0 spiro atoms. The molecule has 4 aromatic rings. The lowest BCUT2D eigenvalue weighted by Gasteiger charge is -2.20. The second-order valence-corrected chi connectivity index (χ2v) is 9.73. The van der Waals surface area contributed by atoms with Crippen molar-refractivity contribution in [1.82, 2.24) is 29.8 Å². The summed E-state index contributed by atoms with van der Waals surface area (Å²) in [6.07, 6.45) is 12.5. The second kappa shape index (κ2) is 11.3. The van der Waals surface area contributed by atoms with Crippen LogP contribution >= 0.6 is 0 Å². The highest BCUT2D eigenvalue weighted by Gasteiger charge is 2.21. The van der Waals surface area contributed by atoms with E-state index >= 15 is 0 Å². The summed E-state index contributed by atoms with van der Waals surface area (Å²) in [5.74, 6) is 0.906. The van der Waals surface area contributed by atoms with Crippen molar-refractivity contribution in [2.45, 2.75) is 58.4 Å². The van der Waals surface area contributed by atoms with Crippen LogP contribution in [-0.4, -0.2) is 35.7 Å². The predicted octanol–water partition coefficient (Wildman–Crippen LogP) is 5.27. The smallest absolute Gasteiger partial charge is 0.291 e. The highest BCUT2D eigenvalue weighted by Crippen LogP contribution is 2.30. The van der Waals surface area contributed by atoms with Gasteiger partial charge in [-0.3, -0.25) is 9.36 Å². The van der Waals surface area contributed by atoms with Gasteiger partial charge >= 0.3 is 5.69 Å². The molecule has 1 aliphatic carbocycles. The lowest BCUT2D eigenvalue weighted by molar-refractivity contribution is 0.0863. The van der Waals surface area contributed by atoms with Crippen molar-refractivity contribution in [2.75, 3.05) is 0 Å². The van der Waals surface area contributed by atoms with Gasteiger partial charge in [0.05, 0.1) is 6.54 Å². The van der Waals surface area contributed by atoms with Gasteiger partial charge in [-0.2, -0.15) is 0 Å². The van der Waals surface area contributed by atoms with Crippen LogP contribution in [0.3, 0.4) is 0 Å². The zero-order valence-corrected chi connectivity index (χ0v) is 21.1. The Kier molecular flexibility index (Phi) is 7.54. The number of allylic oxidation sites excluding steroid dienone is 2. The summed E-state index contributed by atoms with van der Waals surface area (Å²) >= 11 is 0. The van der Waals surface area contributed by atoms with Crippen molar-refractivity contribution < 1.29 is 4.79 Å². The van der Waals surface area contributed by atoms with Crippen LogP contribution in [-0.2, 0) is 13.0 Å². The van der Waals surface area contributed by atoms with Gasteiger partial charge in [0.15, 0.2) is 5.82 Å². The maximum absolute atomic E-state index is 13.4. The molecule has 1 fully saturated rings. The number of H-pyrrole nitrogens is 1. The fourth-order valence-corrected chi connectivity index (χ4v) is 5.20. The molecule has 8 heteroatoms. The molecule has 190 valence electrons. The summed E-state index contributed by atoms with van der Waals surface area (Å²) in [6.45, 7) is 2.36. The van der Waals surface area contributed by atoms with Gasteiger partial charge in [-0.05, 0) is 52.8 Å². The van der Waals surface area contributed by atoms with Crippen molar-refractivity contribution in [3.8, 4) is 22.5 Å². The highest BCUT2D eigenvalue weighted by atomic mass is 16.2. The molecule has 2 aromatic heterocycles. The number of imidazole rings is 1. The first-order valence-electron chi connectivity index (χ1n) is 13.0. The molecule has 1 N–H and O–H groups in total. The number of nitrogens with one attached hydrogen (secondary N) is 1. The van der Waals surface area contributed by atoms with Crippen LogP contribution in [0.5, 0.6) is 0 Å². The molecule has 1 aliphatic rings. The molecule has 2 heterocycles. The van der Waals surface area contributed by atoms with Gasteiger partial charge in [0, 0.05) is 30.3 Å². The molecule has 0 unspecified atom stereocenters. The lowest BCUT2D eigenvalue weighted by Crippen LogP contribution is -2.30. The summed E-state index contributed by atoms with van der Waals surface area (Å²) in [6, 6.07) is 16.1. The molecule has 37 heavy (non-hydrogen) atoms. The number of carbonyl (C=O) groups is 1. The normalized spacial score (nSPS) is 14.4. The van der Waals surface area contributed by atoms with E-state index in [1.807, 2.05) is 67.6 Å². The van der Waals surface area contributed by atoms with Crippen LogP contribution in [0.15, 0.2) is 71.7 Å². The first-order valence-corrected chi connectivity index (χ1v) is 13.0. The fourth-order valence-electron chi connectivity index (χ4n) is 5.20. The van der Waals surface area contributed by atoms with Crippen LogP contribution in [0.2, 0.25) is 0 Å². The van der Waals surface area contributed by atoms with Crippen LogP contribution in [0.4, 0.5) is 0 Å². The summed E-state index contributed by atoms with van der Waals surface area (Å²) in [5, 5.41) is 14.3. The number of hydrogen-bond acceptors (Lipinski definition) is 5. The minimum absolute atomic E-state index is 0.0914. The van der Waals surface area contributed by atoms with Gasteiger partial charge in [0.2, 0.25) is 5.91 Å². The Morgan fingerprint density at radius 2 is 1.81 bits per heavy atom. The highest BCUT2D eigenvalue weighted by molar-refractivity contribution is 5.80. The Morgan fingerprint density at radius 1 is 1.05 bits per heavy atom. The molecule has 8 nitrogen and oxygen atoms in total. The topological polar surface area (TPSA) is 98.5 Å². The molecular formula is C29H32N6O2. The average Bonchev–Trinajstić information content (AvgIpc) is 3.57. The van der Waals surface area contributed by atoms with Crippen LogP contribution in [0, 0.1) is 5.92 Å². The summed E-state index contributed by atoms with van der Waals surface area (Å²) in [7, 11) is 0. The van der Waals surface area contributed by atoms with E-state index in [0.29, 0.717) is 31.1 Å². The molecule has 0 radical (unpaired) electrons. The molecule has 0 saturated heterocycles. The van der Waals surface area contributed by atoms with E-state index in [9.17, 15) is 9.59 Å². The maximum atomic E-state index is 13.4. The first-order chi connectivity index (χ1) is 18.1. The Labute approximate surface area is 216 Å². The van der Waals surface area contributed by atoms with Gasteiger partial charge in [0.1, 0.15) is 0 Å². The third kappa shape index (κ3) is 5.53. The van der Waals surface area contributed by atoms with E-state index in [0.717, 1.165) is 40.8 Å². The SMILES string of the molecule is C/C=C/Cc1cn(C(=O)CC2CCCCC2)c(=O)n1Cc1ccc(-c2ccccc2-c2nnn[nH]2)cc1. The molecule has 0 aliphatic heterocycles. The van der Waals surface area contributed by atoms with Crippen molar-refractivity contribution in [2.24, 2.45) is 5.92 Å². The van der Waals surface area contributed by atoms with Crippen molar-refractivity contribution in [3.05, 3.63) is 88.6 Å². The average molecular weight is 497 g/mol. The third-order valence-electron chi connectivity index (χ3n) is 7.21. The Balaban J connectivity index is 1.39. The Morgan fingerprint density at radius 3 is 2.51 bits per heavy atom. The summed E-state index contributed by atoms with van der Waals surface area (Å²) < 4.78 is 3.06. The quantitative estimate of drug-likeness (QED) is 0.335. The monoisotopic (exact) mass is 496 g/mol. The van der Waals surface area contributed by atoms with Gasteiger partial charge in [-0.25, -0.2) is 14.5 Å². The van der Waals surface area contributed by atoms with E-state index in [1.165, 1.54) is 23.8 Å². The first kappa shape index (κ1) is 24.6. The predicted molar refractivity (Wildman–Crippen MR) is 143 cm³/mol. The molecule has 0 bridgehead atoms. The molecule has 0 amide bonds. The number of tetrazole rings is 1. The number of carbonyl (C=O) groups excluding carboxylic acids is 1. The lowest BCUT2D eigenvalue weighted by atomic mass is 9.87. The zero-order chi connectivity index (χ0) is 25.6. The minimum Gasteiger partial charge on any atom is -0.291 e. The molecule has 2 aromatic carbocycles. The summed E-state index contributed by atoms with van der Waals surface area (Å²) in [4.78, 5) is 26.4. The molecular weight excluding hydrogens is 464 g/mol. The fraction of sp³-hybridized carbons (Fsp3) is 0.345. The van der Waals surface area contributed by atoms with Crippen LogP contribution in [0.1, 0.15) is 61.5 Å². The molecule has 0 atom stereocenters. The third-order valence-corrected chi connectivity index (χ3v) is 7.21. The maximum Gasteiger partial charge on any atom is 0.335 e. The number of hydrogen-bond donors (Lipinski definition) is 1. The van der Waals surface area contributed by atoms with E-state index in [2.05, 4.69) is 20.6 Å². The van der Waals surface area contributed by atoms with Crippen molar-refractivity contribution in [1.29, 1.82) is 0 Å². The van der Waals surface area contributed by atoms with Gasteiger partial charge in [0.25, 0.3) is 0 Å². The van der Waals surface area contributed by atoms with Gasteiger partial charge < -0.3 is 0 Å². The standard InChI is InChI=1S/C29H32N6O2/c1-2-3-11-24-20-35(27(36)18-21-9-5-4-6-10-21)29(37)34(24)19-22-14-16-23(17-15-22)25-12-7-8-13-26(25)28-30-32-33-31-28/h2-3,7-8,12-17,20-21H,4-6,9-11,18-19H2,1H3,(H,30,31,32,33)/b3-2+.